The lowest BCUT2D eigenvalue weighted by Crippen LogP contribution is -2.20. The molecule has 1 N–H and O–H groups in total. The molecule has 8 heteroatoms. The Kier molecular flexibility index (Phi) is 3.25. The number of rotatable bonds is 2. The van der Waals surface area contributed by atoms with Crippen molar-refractivity contribution >= 4 is 43.2 Å². The Labute approximate surface area is 130 Å². The van der Waals surface area contributed by atoms with Crippen LogP contribution in [0.25, 0.3) is 10.2 Å². The van der Waals surface area contributed by atoms with Gasteiger partial charge in [0.2, 0.25) is 0 Å². The molecule has 0 radical (unpaired) electrons. The Morgan fingerprint density at radius 3 is 2.90 bits per heavy atom. The maximum absolute atomic E-state index is 11.6. The van der Waals surface area contributed by atoms with E-state index in [-0.39, 0.29) is 16.8 Å². The van der Waals surface area contributed by atoms with E-state index in [2.05, 4.69) is 9.97 Å². The summed E-state index contributed by atoms with van der Waals surface area (Å²) in [4.78, 5) is 11.1. The van der Waals surface area contributed by atoms with Gasteiger partial charge in [-0.2, -0.15) is 0 Å². The average molecular weight is 342 g/mol. The number of thioether (sulfide) groups is 1. The molecule has 0 amide bonds. The predicted molar refractivity (Wildman–Crippen MR) is 83.7 cm³/mol. The normalized spacial score (nSPS) is 27.3. The number of nitrogens with zero attached hydrogens (tertiary/aromatic N) is 2. The van der Waals surface area contributed by atoms with E-state index in [0.29, 0.717) is 0 Å². The molecule has 4 rings (SSSR count). The number of aliphatic hydroxyl groups excluding tert-OH is 1. The minimum atomic E-state index is -3.13. The van der Waals surface area contributed by atoms with Crippen molar-refractivity contribution in [3.8, 4) is 0 Å². The van der Waals surface area contributed by atoms with Gasteiger partial charge in [0, 0.05) is 10.3 Å². The Morgan fingerprint density at radius 2 is 2.14 bits per heavy atom. The number of aryl methyl sites for hydroxylation is 2. The van der Waals surface area contributed by atoms with Crippen molar-refractivity contribution in [3.63, 3.8) is 0 Å². The molecule has 1 aliphatic heterocycles. The molecule has 3 heterocycles. The molecule has 2 aliphatic rings. The van der Waals surface area contributed by atoms with Crippen LogP contribution in [0.5, 0.6) is 0 Å². The van der Waals surface area contributed by atoms with Gasteiger partial charge in [-0.05, 0) is 24.8 Å². The lowest BCUT2D eigenvalue weighted by Gasteiger charge is -2.12. The van der Waals surface area contributed by atoms with Gasteiger partial charge in [0.1, 0.15) is 16.2 Å². The first-order valence-corrected chi connectivity index (χ1v) is 10.4. The van der Waals surface area contributed by atoms with E-state index in [1.807, 2.05) is 0 Å². The molecule has 0 saturated carbocycles. The Balaban J connectivity index is 1.74. The molecule has 1 saturated heterocycles. The van der Waals surface area contributed by atoms with Crippen LogP contribution in [0.1, 0.15) is 16.9 Å². The summed E-state index contributed by atoms with van der Waals surface area (Å²) in [5.41, 5.74) is 1.33. The lowest BCUT2D eigenvalue weighted by atomic mass is 10.2. The minimum Gasteiger partial charge on any atom is -0.391 e. The zero-order valence-electron chi connectivity index (χ0n) is 11.2. The summed E-state index contributed by atoms with van der Waals surface area (Å²) in [7, 11) is -3.13. The predicted octanol–water partition coefficient (Wildman–Crippen LogP) is 1.43. The standard InChI is InChI=1S/C13H14N2O3S3/c16-8-4-21(17,18)5-10(8)20-13-11-7-2-1-3-9(7)19-12(11)14-6-15-13/h6,8,10,16H,1-5H2/t8-,10-/m1/s1. The Bertz CT molecular complexity index is 815. The monoisotopic (exact) mass is 342 g/mol. The quantitative estimate of drug-likeness (QED) is 0.832. The highest BCUT2D eigenvalue weighted by molar-refractivity contribution is 8.02. The number of hydrogen-bond donors (Lipinski definition) is 1. The second kappa shape index (κ2) is 4.91. The first-order chi connectivity index (χ1) is 10.0. The molecule has 0 aromatic carbocycles. The molecular weight excluding hydrogens is 328 g/mol. The van der Waals surface area contributed by atoms with Crippen LogP contribution < -0.4 is 0 Å². The molecule has 112 valence electrons. The third-order valence-corrected chi connectivity index (χ3v) is 8.45. The SMILES string of the molecule is O=S1(=O)C[C@@H](O)[C@H](Sc2ncnc3sc4c(c23)CCC4)C1. The number of hydrogen-bond acceptors (Lipinski definition) is 7. The molecular formula is C13H14N2O3S3. The van der Waals surface area contributed by atoms with Gasteiger partial charge in [0.25, 0.3) is 0 Å². The van der Waals surface area contributed by atoms with Crippen molar-refractivity contribution in [3.05, 3.63) is 16.8 Å². The Morgan fingerprint density at radius 1 is 1.29 bits per heavy atom. The first-order valence-electron chi connectivity index (χ1n) is 6.84. The van der Waals surface area contributed by atoms with Crippen LogP contribution in [0.3, 0.4) is 0 Å². The van der Waals surface area contributed by atoms with Crippen LogP contribution in [0.2, 0.25) is 0 Å². The summed E-state index contributed by atoms with van der Waals surface area (Å²) in [5.74, 6) is -0.114. The minimum absolute atomic E-state index is 0.0245. The summed E-state index contributed by atoms with van der Waals surface area (Å²) in [5, 5.41) is 11.5. The average Bonchev–Trinajstić information content (AvgIpc) is 3.02. The van der Waals surface area contributed by atoms with Crippen molar-refractivity contribution in [2.24, 2.45) is 0 Å². The van der Waals surface area contributed by atoms with Crippen LogP contribution >= 0.6 is 23.1 Å². The first kappa shape index (κ1) is 13.9. The Hall–Kier alpha value is -0.700. The smallest absolute Gasteiger partial charge is 0.154 e. The third-order valence-electron chi connectivity index (χ3n) is 4.00. The number of aromatic nitrogens is 2. The van der Waals surface area contributed by atoms with Crippen LogP contribution in [0.4, 0.5) is 0 Å². The van der Waals surface area contributed by atoms with Crippen molar-refractivity contribution in [1.82, 2.24) is 9.97 Å². The highest BCUT2D eigenvalue weighted by atomic mass is 32.2. The summed E-state index contributed by atoms with van der Waals surface area (Å²) in [6, 6.07) is 0. The van der Waals surface area contributed by atoms with E-state index < -0.39 is 15.9 Å². The zero-order valence-corrected chi connectivity index (χ0v) is 13.6. The molecule has 1 fully saturated rings. The van der Waals surface area contributed by atoms with Crippen LogP contribution in [0, 0.1) is 0 Å². The van der Waals surface area contributed by atoms with E-state index >= 15 is 0 Å². The molecule has 1 aliphatic carbocycles. The fourth-order valence-corrected chi connectivity index (χ4v) is 7.95. The van der Waals surface area contributed by atoms with Crippen molar-refractivity contribution < 1.29 is 13.5 Å². The zero-order chi connectivity index (χ0) is 14.6. The number of aliphatic hydroxyl groups is 1. The van der Waals surface area contributed by atoms with Gasteiger partial charge in [-0.25, -0.2) is 18.4 Å². The van der Waals surface area contributed by atoms with Gasteiger partial charge in [-0.1, -0.05) is 11.8 Å². The van der Waals surface area contributed by atoms with E-state index in [9.17, 15) is 13.5 Å². The van der Waals surface area contributed by atoms with Gasteiger partial charge in [0.05, 0.1) is 22.9 Å². The molecule has 5 nitrogen and oxygen atoms in total. The topological polar surface area (TPSA) is 80.2 Å². The summed E-state index contributed by atoms with van der Waals surface area (Å²) >= 11 is 3.10. The third kappa shape index (κ3) is 2.38. The van der Waals surface area contributed by atoms with E-state index in [4.69, 9.17) is 0 Å². The highest BCUT2D eigenvalue weighted by Gasteiger charge is 2.38. The van der Waals surface area contributed by atoms with E-state index in [0.717, 1.165) is 34.5 Å². The van der Waals surface area contributed by atoms with Gasteiger partial charge >= 0.3 is 0 Å². The van der Waals surface area contributed by atoms with Crippen molar-refractivity contribution in [2.45, 2.75) is 35.6 Å². The van der Waals surface area contributed by atoms with Crippen LogP contribution in [0.15, 0.2) is 11.4 Å². The lowest BCUT2D eigenvalue weighted by molar-refractivity contribution is 0.207. The summed E-state index contributed by atoms with van der Waals surface area (Å²) in [6.45, 7) is 0. The van der Waals surface area contributed by atoms with Crippen LogP contribution in [-0.2, 0) is 22.7 Å². The number of sulfone groups is 1. The maximum atomic E-state index is 11.6. The molecule has 0 bridgehead atoms. The molecule has 21 heavy (non-hydrogen) atoms. The van der Waals surface area contributed by atoms with Gasteiger partial charge < -0.3 is 5.11 Å². The fraction of sp³-hybridized carbons (Fsp3) is 0.538. The molecule has 0 spiro atoms. The number of fused-ring (bicyclic) bond motifs is 3. The van der Waals surface area contributed by atoms with Gasteiger partial charge in [-0.3, -0.25) is 0 Å². The second-order valence-corrected chi connectivity index (χ2v) is 9.98. The van der Waals surface area contributed by atoms with Crippen LogP contribution in [-0.4, -0.2) is 46.4 Å². The van der Waals surface area contributed by atoms with E-state index in [1.54, 1.807) is 11.3 Å². The molecule has 2 aromatic heterocycles. The largest absolute Gasteiger partial charge is 0.391 e. The second-order valence-electron chi connectivity index (χ2n) is 5.52. The molecule has 2 atom stereocenters. The van der Waals surface area contributed by atoms with Crippen molar-refractivity contribution in [1.29, 1.82) is 0 Å². The van der Waals surface area contributed by atoms with Crippen molar-refractivity contribution in [2.75, 3.05) is 11.5 Å². The van der Waals surface area contributed by atoms with Gasteiger partial charge in [-0.15, -0.1) is 11.3 Å². The molecule has 2 aromatic rings. The molecule has 0 unspecified atom stereocenters. The summed E-state index contributed by atoms with van der Waals surface area (Å²) in [6.07, 6.45) is 4.03. The fourth-order valence-electron chi connectivity index (χ4n) is 3.04. The maximum Gasteiger partial charge on any atom is 0.154 e. The van der Waals surface area contributed by atoms with Gasteiger partial charge in [0.15, 0.2) is 9.84 Å². The number of thiophene rings is 1. The highest BCUT2D eigenvalue weighted by Crippen LogP contribution is 2.42. The van der Waals surface area contributed by atoms with E-state index in [1.165, 1.54) is 28.5 Å². The summed E-state index contributed by atoms with van der Waals surface area (Å²) < 4.78 is 23.3.